The van der Waals surface area contributed by atoms with E-state index in [-0.39, 0.29) is 12.6 Å². The fourth-order valence-electron chi connectivity index (χ4n) is 1.23. The van der Waals surface area contributed by atoms with Crippen molar-refractivity contribution in [2.24, 2.45) is 5.73 Å². The number of halogens is 1. The van der Waals surface area contributed by atoms with Gasteiger partial charge in [-0.25, -0.2) is 4.98 Å². The molecule has 0 bridgehead atoms. The van der Waals surface area contributed by atoms with E-state index in [1.54, 1.807) is 19.4 Å². The summed E-state index contributed by atoms with van der Waals surface area (Å²) in [5, 5.41) is 9.09. The first kappa shape index (κ1) is 11.2. The molecule has 0 saturated carbocycles. The number of ether oxygens (including phenoxy) is 1. The van der Waals surface area contributed by atoms with Crippen molar-refractivity contribution in [3.8, 4) is 5.75 Å². The lowest BCUT2D eigenvalue weighted by Gasteiger charge is -2.15. The van der Waals surface area contributed by atoms with Gasteiger partial charge in [0.25, 0.3) is 0 Å². The zero-order valence-electron chi connectivity index (χ0n) is 7.90. The Morgan fingerprint density at radius 2 is 2.43 bits per heavy atom. The molecular formula is C9H13ClN2O2. The number of hydrogen-bond acceptors (Lipinski definition) is 4. The SMILES string of the molecule is COc1ccnc(Cl)c1C(N)CCO. The molecule has 78 valence electrons. The van der Waals surface area contributed by atoms with E-state index in [0.29, 0.717) is 22.9 Å². The van der Waals surface area contributed by atoms with Crippen LogP contribution in [0.25, 0.3) is 0 Å². The molecule has 0 spiro atoms. The van der Waals surface area contributed by atoms with Crippen LogP contribution in [0, 0.1) is 0 Å². The van der Waals surface area contributed by atoms with E-state index in [0.717, 1.165) is 0 Å². The highest BCUT2D eigenvalue weighted by molar-refractivity contribution is 6.30. The maximum absolute atomic E-state index is 8.77. The normalized spacial score (nSPS) is 12.6. The van der Waals surface area contributed by atoms with Crippen LogP contribution >= 0.6 is 11.6 Å². The van der Waals surface area contributed by atoms with Crippen LogP contribution in [-0.4, -0.2) is 23.8 Å². The summed E-state index contributed by atoms with van der Waals surface area (Å²) >= 11 is 5.89. The third-order valence-corrected chi connectivity index (χ3v) is 2.23. The van der Waals surface area contributed by atoms with E-state index in [1.165, 1.54) is 0 Å². The number of methoxy groups -OCH3 is 1. The number of aliphatic hydroxyl groups excluding tert-OH is 1. The molecule has 3 N–H and O–H groups in total. The minimum absolute atomic E-state index is 0.00947. The van der Waals surface area contributed by atoms with E-state index in [9.17, 15) is 0 Å². The van der Waals surface area contributed by atoms with Crippen molar-refractivity contribution in [1.29, 1.82) is 0 Å². The lowest BCUT2D eigenvalue weighted by molar-refractivity contribution is 0.275. The Hall–Kier alpha value is -0.840. The van der Waals surface area contributed by atoms with Gasteiger partial charge in [-0.2, -0.15) is 0 Å². The molecule has 0 aliphatic carbocycles. The van der Waals surface area contributed by atoms with Gasteiger partial charge in [0.2, 0.25) is 0 Å². The zero-order chi connectivity index (χ0) is 10.6. The molecule has 4 nitrogen and oxygen atoms in total. The molecule has 1 rings (SSSR count). The monoisotopic (exact) mass is 216 g/mol. The summed E-state index contributed by atoms with van der Waals surface area (Å²) < 4.78 is 5.11. The highest BCUT2D eigenvalue weighted by atomic mass is 35.5. The van der Waals surface area contributed by atoms with Crippen LogP contribution in [0.4, 0.5) is 0 Å². The van der Waals surface area contributed by atoms with Crippen molar-refractivity contribution in [3.63, 3.8) is 0 Å². The molecule has 1 heterocycles. The van der Waals surface area contributed by atoms with Crippen molar-refractivity contribution in [2.75, 3.05) is 13.7 Å². The van der Waals surface area contributed by atoms with Crippen molar-refractivity contribution in [2.45, 2.75) is 12.5 Å². The number of hydrogen-bond donors (Lipinski definition) is 2. The van der Waals surface area contributed by atoms with Crippen LogP contribution in [0.1, 0.15) is 18.0 Å². The molecule has 1 aromatic heterocycles. The summed E-state index contributed by atoms with van der Waals surface area (Å²) in [7, 11) is 1.54. The first-order chi connectivity index (χ1) is 6.70. The standard InChI is InChI=1S/C9H13ClN2O2/c1-14-7-2-4-12-9(10)8(7)6(11)3-5-13/h2,4,6,13H,3,5,11H2,1H3. The maximum atomic E-state index is 8.77. The van der Waals surface area contributed by atoms with Crippen LogP contribution in [-0.2, 0) is 0 Å². The summed E-state index contributed by atoms with van der Waals surface area (Å²) in [4.78, 5) is 3.91. The lowest BCUT2D eigenvalue weighted by Crippen LogP contribution is -2.14. The van der Waals surface area contributed by atoms with Crippen molar-refractivity contribution >= 4 is 11.6 Å². The average molecular weight is 217 g/mol. The van der Waals surface area contributed by atoms with Crippen LogP contribution in [0.5, 0.6) is 5.75 Å². The lowest BCUT2D eigenvalue weighted by atomic mass is 10.1. The predicted molar refractivity (Wildman–Crippen MR) is 54.4 cm³/mol. The van der Waals surface area contributed by atoms with Gasteiger partial charge in [0.05, 0.1) is 7.11 Å². The number of rotatable bonds is 4. The summed E-state index contributed by atoms with van der Waals surface area (Å²) in [6, 6.07) is 1.34. The fraction of sp³-hybridized carbons (Fsp3) is 0.444. The number of pyridine rings is 1. The fourth-order valence-corrected chi connectivity index (χ4v) is 1.52. The minimum Gasteiger partial charge on any atom is -0.496 e. The van der Waals surface area contributed by atoms with E-state index in [2.05, 4.69) is 4.98 Å². The van der Waals surface area contributed by atoms with Gasteiger partial charge in [0.15, 0.2) is 0 Å². The molecule has 5 heteroatoms. The van der Waals surface area contributed by atoms with Gasteiger partial charge in [-0.3, -0.25) is 0 Å². The predicted octanol–water partition coefficient (Wildman–Crippen LogP) is 1.13. The van der Waals surface area contributed by atoms with Gasteiger partial charge in [0.1, 0.15) is 10.9 Å². The quantitative estimate of drug-likeness (QED) is 0.741. The van der Waals surface area contributed by atoms with Gasteiger partial charge in [-0.05, 0) is 12.5 Å². The van der Waals surface area contributed by atoms with E-state index in [1.807, 2.05) is 0 Å². The highest BCUT2D eigenvalue weighted by Crippen LogP contribution is 2.30. The second-order valence-corrected chi connectivity index (χ2v) is 3.19. The Labute approximate surface area is 87.7 Å². The Balaban J connectivity index is 3.03. The second kappa shape index (κ2) is 5.14. The Kier molecular flexibility index (Phi) is 4.13. The van der Waals surface area contributed by atoms with E-state index < -0.39 is 0 Å². The maximum Gasteiger partial charge on any atom is 0.137 e. The smallest absolute Gasteiger partial charge is 0.137 e. The number of nitrogens with zero attached hydrogens (tertiary/aromatic N) is 1. The summed E-state index contributed by atoms with van der Waals surface area (Å²) in [5.74, 6) is 0.603. The molecule has 0 radical (unpaired) electrons. The molecule has 0 saturated heterocycles. The first-order valence-electron chi connectivity index (χ1n) is 4.25. The molecule has 0 fully saturated rings. The average Bonchev–Trinajstić information content (AvgIpc) is 2.17. The summed E-state index contributed by atoms with van der Waals surface area (Å²) in [6.45, 7) is 0.00947. The minimum atomic E-state index is -0.351. The molecule has 0 aliphatic heterocycles. The van der Waals surface area contributed by atoms with Gasteiger partial charge in [-0.15, -0.1) is 0 Å². The molecule has 1 aromatic rings. The van der Waals surface area contributed by atoms with E-state index >= 15 is 0 Å². The van der Waals surface area contributed by atoms with Crippen molar-refractivity contribution in [1.82, 2.24) is 4.98 Å². The van der Waals surface area contributed by atoms with E-state index in [4.69, 9.17) is 27.2 Å². The highest BCUT2D eigenvalue weighted by Gasteiger charge is 2.15. The number of aromatic nitrogens is 1. The number of aliphatic hydroxyl groups is 1. The zero-order valence-corrected chi connectivity index (χ0v) is 8.66. The van der Waals surface area contributed by atoms with Crippen LogP contribution in [0.2, 0.25) is 5.15 Å². The van der Waals surface area contributed by atoms with Gasteiger partial charge >= 0.3 is 0 Å². The third-order valence-electron chi connectivity index (χ3n) is 1.93. The van der Waals surface area contributed by atoms with Gasteiger partial charge in [-0.1, -0.05) is 11.6 Å². The third kappa shape index (κ3) is 2.35. The van der Waals surface area contributed by atoms with Crippen LogP contribution in [0.3, 0.4) is 0 Å². The Morgan fingerprint density at radius 3 is 3.00 bits per heavy atom. The number of nitrogens with two attached hydrogens (primary N) is 1. The molecule has 0 aliphatic rings. The van der Waals surface area contributed by atoms with Gasteiger partial charge in [0, 0.05) is 24.4 Å². The molecule has 14 heavy (non-hydrogen) atoms. The van der Waals surface area contributed by atoms with Crippen LogP contribution in [0.15, 0.2) is 12.3 Å². The topological polar surface area (TPSA) is 68.4 Å². The Morgan fingerprint density at radius 1 is 1.71 bits per heavy atom. The summed E-state index contributed by atoms with van der Waals surface area (Å²) in [5.41, 5.74) is 6.46. The van der Waals surface area contributed by atoms with Gasteiger partial charge < -0.3 is 15.6 Å². The first-order valence-corrected chi connectivity index (χ1v) is 4.63. The molecular weight excluding hydrogens is 204 g/mol. The molecule has 0 aromatic carbocycles. The molecule has 0 amide bonds. The second-order valence-electron chi connectivity index (χ2n) is 2.84. The molecule has 1 unspecified atom stereocenters. The van der Waals surface area contributed by atoms with Crippen molar-refractivity contribution < 1.29 is 9.84 Å². The van der Waals surface area contributed by atoms with Crippen molar-refractivity contribution in [3.05, 3.63) is 23.0 Å². The largest absolute Gasteiger partial charge is 0.496 e. The van der Waals surface area contributed by atoms with Crippen LogP contribution < -0.4 is 10.5 Å². The summed E-state index contributed by atoms with van der Waals surface area (Å²) in [6.07, 6.45) is 1.98. The Bertz CT molecular complexity index is 307. The molecule has 1 atom stereocenters.